The van der Waals surface area contributed by atoms with Gasteiger partial charge in [0.2, 0.25) is 0 Å². The van der Waals surface area contributed by atoms with Crippen LogP contribution < -0.4 is 0 Å². The van der Waals surface area contributed by atoms with Gasteiger partial charge in [0.05, 0.1) is 18.8 Å². The molecule has 2 heterocycles. The average molecular weight is 257 g/mol. The Hall–Kier alpha value is -0.160. The lowest BCUT2D eigenvalue weighted by molar-refractivity contribution is -0.0598. The lowest BCUT2D eigenvalue weighted by atomic mass is 9.96. The quantitative estimate of drug-likeness (QED) is 0.805. The lowest BCUT2D eigenvalue weighted by Gasteiger charge is -2.37. The van der Waals surface area contributed by atoms with Gasteiger partial charge in [0.15, 0.2) is 0 Å². The first kappa shape index (κ1) is 14.3. The van der Waals surface area contributed by atoms with Crippen molar-refractivity contribution in [3.05, 3.63) is 0 Å². The smallest absolute Gasteiger partial charge is 0.0702 e. The number of hydrogen-bond acceptors (Lipinski definition) is 4. The average Bonchev–Trinajstić information content (AvgIpc) is 2.40. The van der Waals surface area contributed by atoms with Crippen LogP contribution in [-0.2, 0) is 9.47 Å². The van der Waals surface area contributed by atoms with Gasteiger partial charge >= 0.3 is 0 Å². The Morgan fingerprint density at radius 3 is 3.06 bits per heavy atom. The zero-order valence-corrected chi connectivity index (χ0v) is 11.5. The Balaban J connectivity index is 1.74. The Bertz CT molecular complexity index is 237. The summed E-state index contributed by atoms with van der Waals surface area (Å²) < 4.78 is 11.3. The molecule has 2 fully saturated rings. The molecule has 1 N–H and O–H groups in total. The van der Waals surface area contributed by atoms with Gasteiger partial charge in [0.1, 0.15) is 0 Å². The number of nitrogens with zero attached hydrogens (tertiary/aromatic N) is 1. The number of aliphatic hydroxyl groups excluding tert-OH is 1. The summed E-state index contributed by atoms with van der Waals surface area (Å²) in [5, 5.41) is 9.97. The summed E-state index contributed by atoms with van der Waals surface area (Å²) in [6.07, 6.45) is 4.47. The summed E-state index contributed by atoms with van der Waals surface area (Å²) >= 11 is 0. The molecule has 0 aliphatic carbocycles. The van der Waals surface area contributed by atoms with E-state index in [1.807, 2.05) is 0 Å². The molecular weight excluding hydrogens is 230 g/mol. The number of likely N-dealkylation sites (tertiary alicyclic amines) is 1. The molecule has 0 bridgehead atoms. The van der Waals surface area contributed by atoms with E-state index in [9.17, 15) is 5.11 Å². The van der Waals surface area contributed by atoms with Crippen molar-refractivity contribution < 1.29 is 14.6 Å². The summed E-state index contributed by atoms with van der Waals surface area (Å²) in [6.45, 7) is 7.54. The van der Waals surface area contributed by atoms with Crippen molar-refractivity contribution in [1.82, 2.24) is 4.90 Å². The first-order valence-corrected chi connectivity index (χ1v) is 7.39. The molecule has 4 nitrogen and oxygen atoms in total. The van der Waals surface area contributed by atoms with E-state index in [1.54, 1.807) is 0 Å². The third kappa shape index (κ3) is 4.19. The van der Waals surface area contributed by atoms with Crippen molar-refractivity contribution >= 4 is 0 Å². The highest BCUT2D eigenvalue weighted by Crippen LogP contribution is 2.20. The predicted molar refractivity (Wildman–Crippen MR) is 70.6 cm³/mol. The van der Waals surface area contributed by atoms with Crippen molar-refractivity contribution in [2.45, 2.75) is 44.8 Å². The van der Waals surface area contributed by atoms with E-state index in [4.69, 9.17) is 9.47 Å². The molecule has 4 heteroatoms. The Morgan fingerprint density at radius 2 is 2.28 bits per heavy atom. The van der Waals surface area contributed by atoms with E-state index in [1.165, 1.54) is 12.8 Å². The van der Waals surface area contributed by atoms with Gasteiger partial charge in [-0.2, -0.15) is 0 Å². The van der Waals surface area contributed by atoms with Crippen LogP contribution in [0.4, 0.5) is 0 Å². The van der Waals surface area contributed by atoms with Crippen molar-refractivity contribution in [2.75, 3.05) is 39.5 Å². The van der Waals surface area contributed by atoms with E-state index in [-0.39, 0.29) is 12.0 Å². The highest BCUT2D eigenvalue weighted by atomic mass is 16.5. The molecule has 0 aromatic carbocycles. The van der Waals surface area contributed by atoms with Crippen LogP contribution in [0, 0.1) is 5.92 Å². The second-order valence-corrected chi connectivity index (χ2v) is 5.59. The molecule has 0 spiro atoms. The highest BCUT2D eigenvalue weighted by molar-refractivity contribution is 4.80. The van der Waals surface area contributed by atoms with Crippen LogP contribution in [0.25, 0.3) is 0 Å². The molecule has 3 unspecified atom stereocenters. The lowest BCUT2D eigenvalue weighted by Crippen LogP contribution is -2.46. The fraction of sp³-hybridized carbons (Fsp3) is 1.00. The van der Waals surface area contributed by atoms with Crippen LogP contribution in [0.5, 0.6) is 0 Å². The molecule has 3 atom stereocenters. The van der Waals surface area contributed by atoms with E-state index >= 15 is 0 Å². The summed E-state index contributed by atoms with van der Waals surface area (Å²) in [5.74, 6) is 0.281. The van der Waals surface area contributed by atoms with Gasteiger partial charge in [0.25, 0.3) is 0 Å². The molecule has 2 rings (SSSR count). The summed E-state index contributed by atoms with van der Waals surface area (Å²) in [4.78, 5) is 2.44. The number of aliphatic hydroxyl groups is 1. The predicted octanol–water partition coefficient (Wildman–Crippen LogP) is 1.27. The zero-order chi connectivity index (χ0) is 12.8. The standard InChI is InChI=1S/C14H27NO3/c1-2-7-18-13-4-3-6-15(10-13)9-12-11-17-8-5-14(12)16/h12-14,16H,2-11H2,1H3. The monoisotopic (exact) mass is 257 g/mol. The molecule has 0 aromatic heterocycles. The van der Waals surface area contributed by atoms with Crippen LogP contribution in [0.3, 0.4) is 0 Å². The second kappa shape index (κ2) is 7.43. The summed E-state index contributed by atoms with van der Waals surface area (Å²) in [7, 11) is 0. The highest BCUT2D eigenvalue weighted by Gasteiger charge is 2.28. The number of rotatable bonds is 5. The SMILES string of the molecule is CCCOC1CCCN(CC2COCCC2O)C1. The van der Waals surface area contributed by atoms with Crippen LogP contribution in [-0.4, -0.2) is 61.7 Å². The molecule has 2 saturated heterocycles. The van der Waals surface area contributed by atoms with E-state index in [0.29, 0.717) is 19.3 Å². The van der Waals surface area contributed by atoms with Gasteiger partial charge in [-0.1, -0.05) is 6.92 Å². The van der Waals surface area contributed by atoms with Gasteiger partial charge < -0.3 is 19.5 Å². The molecule has 18 heavy (non-hydrogen) atoms. The molecule has 0 amide bonds. The molecule has 2 aliphatic heterocycles. The topological polar surface area (TPSA) is 41.9 Å². The van der Waals surface area contributed by atoms with E-state index in [2.05, 4.69) is 11.8 Å². The summed E-state index contributed by atoms with van der Waals surface area (Å²) in [6, 6.07) is 0. The normalized spacial score (nSPS) is 34.7. The van der Waals surface area contributed by atoms with Gasteiger partial charge in [0, 0.05) is 32.2 Å². The maximum atomic E-state index is 9.97. The minimum absolute atomic E-state index is 0.185. The van der Waals surface area contributed by atoms with Crippen LogP contribution in [0.1, 0.15) is 32.6 Å². The zero-order valence-electron chi connectivity index (χ0n) is 11.5. The van der Waals surface area contributed by atoms with Crippen molar-refractivity contribution in [1.29, 1.82) is 0 Å². The first-order chi connectivity index (χ1) is 8.79. The van der Waals surface area contributed by atoms with Crippen molar-refractivity contribution in [3.63, 3.8) is 0 Å². The fourth-order valence-electron chi connectivity index (χ4n) is 2.89. The van der Waals surface area contributed by atoms with Gasteiger partial charge in [-0.3, -0.25) is 0 Å². The van der Waals surface area contributed by atoms with Crippen LogP contribution >= 0.6 is 0 Å². The Kier molecular flexibility index (Phi) is 5.89. The largest absolute Gasteiger partial charge is 0.393 e. The van der Waals surface area contributed by atoms with Gasteiger partial charge in [-0.15, -0.1) is 0 Å². The third-order valence-corrected chi connectivity index (χ3v) is 3.95. The van der Waals surface area contributed by atoms with Gasteiger partial charge in [-0.25, -0.2) is 0 Å². The number of hydrogen-bond donors (Lipinski definition) is 1. The van der Waals surface area contributed by atoms with E-state index in [0.717, 1.165) is 39.1 Å². The molecule has 0 radical (unpaired) electrons. The molecule has 106 valence electrons. The first-order valence-electron chi connectivity index (χ1n) is 7.39. The van der Waals surface area contributed by atoms with Crippen LogP contribution in [0.15, 0.2) is 0 Å². The molecule has 0 saturated carbocycles. The molecular formula is C14H27NO3. The maximum absolute atomic E-state index is 9.97. The van der Waals surface area contributed by atoms with Crippen LogP contribution in [0.2, 0.25) is 0 Å². The third-order valence-electron chi connectivity index (χ3n) is 3.95. The van der Waals surface area contributed by atoms with Crippen molar-refractivity contribution in [3.8, 4) is 0 Å². The Morgan fingerprint density at radius 1 is 1.39 bits per heavy atom. The minimum Gasteiger partial charge on any atom is -0.393 e. The van der Waals surface area contributed by atoms with Gasteiger partial charge in [-0.05, 0) is 32.2 Å². The number of piperidine rings is 1. The minimum atomic E-state index is -0.185. The molecule has 2 aliphatic rings. The van der Waals surface area contributed by atoms with E-state index < -0.39 is 0 Å². The van der Waals surface area contributed by atoms with Crippen molar-refractivity contribution in [2.24, 2.45) is 5.92 Å². The Labute approximate surface area is 110 Å². The second-order valence-electron chi connectivity index (χ2n) is 5.59. The maximum Gasteiger partial charge on any atom is 0.0702 e. The fourth-order valence-corrected chi connectivity index (χ4v) is 2.89. The number of ether oxygens (including phenoxy) is 2. The molecule has 0 aromatic rings. The summed E-state index contributed by atoms with van der Waals surface area (Å²) in [5.41, 5.74) is 0.